The van der Waals surface area contributed by atoms with Gasteiger partial charge < -0.3 is 9.47 Å². The Balaban J connectivity index is 2.65. The highest BCUT2D eigenvalue weighted by molar-refractivity contribution is 8.00. The molecule has 1 rings (SSSR count). The van der Waals surface area contributed by atoms with Gasteiger partial charge in [0.15, 0.2) is 6.29 Å². The molecular formula is C11H15ClO2S. The van der Waals surface area contributed by atoms with Gasteiger partial charge in [0.05, 0.1) is 10.3 Å². The van der Waals surface area contributed by atoms with E-state index in [-0.39, 0.29) is 11.5 Å². The van der Waals surface area contributed by atoms with E-state index in [1.165, 1.54) is 0 Å². The average Bonchev–Trinajstić information content (AvgIpc) is 2.23. The van der Waals surface area contributed by atoms with E-state index in [1.54, 1.807) is 26.0 Å². The fraction of sp³-hybridized carbons (Fsp3) is 0.455. The third kappa shape index (κ3) is 3.68. The molecule has 2 nitrogen and oxygen atoms in total. The highest BCUT2D eigenvalue weighted by Crippen LogP contribution is 2.31. The maximum atomic E-state index is 6.06. The molecule has 0 radical (unpaired) electrons. The fourth-order valence-corrected chi connectivity index (χ4v) is 2.62. The lowest BCUT2D eigenvalue weighted by atomic mass is 10.4. The van der Waals surface area contributed by atoms with E-state index in [4.69, 9.17) is 21.1 Å². The van der Waals surface area contributed by atoms with E-state index in [0.717, 1.165) is 9.92 Å². The van der Waals surface area contributed by atoms with E-state index < -0.39 is 0 Å². The highest BCUT2D eigenvalue weighted by atomic mass is 35.5. The second-order valence-corrected chi connectivity index (χ2v) is 4.92. The summed E-state index contributed by atoms with van der Waals surface area (Å²) in [5, 5.41) is 0.959. The van der Waals surface area contributed by atoms with Crippen LogP contribution in [0.1, 0.15) is 6.92 Å². The van der Waals surface area contributed by atoms with Gasteiger partial charge in [-0.05, 0) is 19.1 Å². The first-order chi connectivity index (χ1) is 7.19. The predicted molar refractivity (Wildman–Crippen MR) is 64.6 cm³/mol. The molecule has 0 saturated carbocycles. The van der Waals surface area contributed by atoms with Crippen LogP contribution in [0, 0.1) is 0 Å². The van der Waals surface area contributed by atoms with Crippen molar-refractivity contribution in [3.63, 3.8) is 0 Å². The molecule has 0 aliphatic heterocycles. The minimum atomic E-state index is -0.216. The van der Waals surface area contributed by atoms with Crippen LogP contribution < -0.4 is 0 Å². The average molecular weight is 247 g/mol. The summed E-state index contributed by atoms with van der Waals surface area (Å²) < 4.78 is 10.4. The highest BCUT2D eigenvalue weighted by Gasteiger charge is 2.17. The number of halogens is 1. The molecule has 1 unspecified atom stereocenters. The van der Waals surface area contributed by atoms with E-state index in [1.807, 2.05) is 31.2 Å². The predicted octanol–water partition coefficient (Wildman–Crippen LogP) is 3.44. The standard InChI is InChI=1S/C11H15ClO2S/c1-8(11(13-2)14-3)15-10-7-5-4-6-9(10)12/h4-8,11H,1-3H3. The molecule has 0 spiro atoms. The van der Waals surface area contributed by atoms with E-state index in [9.17, 15) is 0 Å². The van der Waals surface area contributed by atoms with Gasteiger partial charge in [-0.2, -0.15) is 0 Å². The molecule has 1 aromatic rings. The van der Waals surface area contributed by atoms with Crippen LogP contribution in [0.25, 0.3) is 0 Å². The van der Waals surface area contributed by atoms with Crippen LogP contribution in [0.2, 0.25) is 5.02 Å². The summed E-state index contributed by atoms with van der Waals surface area (Å²) in [4.78, 5) is 1.05. The topological polar surface area (TPSA) is 18.5 Å². The Labute approximate surface area is 99.9 Å². The van der Waals surface area contributed by atoms with Crippen LogP contribution >= 0.6 is 23.4 Å². The summed E-state index contributed by atoms with van der Waals surface area (Å²) in [6, 6.07) is 7.76. The van der Waals surface area contributed by atoms with Gasteiger partial charge in [0, 0.05) is 19.1 Å². The smallest absolute Gasteiger partial charge is 0.168 e. The lowest BCUT2D eigenvalue weighted by molar-refractivity contribution is -0.0988. The van der Waals surface area contributed by atoms with Crippen molar-refractivity contribution in [2.75, 3.05) is 14.2 Å². The maximum absolute atomic E-state index is 6.06. The lowest BCUT2D eigenvalue weighted by Gasteiger charge is -2.20. The third-order valence-electron chi connectivity index (χ3n) is 2.00. The Morgan fingerprint density at radius 3 is 2.33 bits per heavy atom. The Morgan fingerprint density at radius 2 is 1.80 bits per heavy atom. The molecule has 0 aliphatic carbocycles. The molecule has 0 bridgehead atoms. The van der Waals surface area contributed by atoms with E-state index >= 15 is 0 Å². The van der Waals surface area contributed by atoms with Crippen LogP contribution in [0.4, 0.5) is 0 Å². The first-order valence-electron chi connectivity index (χ1n) is 4.65. The molecule has 1 atom stereocenters. The minimum absolute atomic E-state index is 0.194. The first kappa shape index (κ1) is 12.8. The molecule has 0 aliphatic rings. The van der Waals surface area contributed by atoms with Gasteiger partial charge in [-0.15, -0.1) is 11.8 Å². The fourth-order valence-electron chi connectivity index (χ4n) is 1.28. The minimum Gasteiger partial charge on any atom is -0.355 e. The number of ether oxygens (including phenoxy) is 2. The van der Waals surface area contributed by atoms with Gasteiger partial charge in [0.1, 0.15) is 0 Å². The van der Waals surface area contributed by atoms with Crippen LogP contribution in [-0.4, -0.2) is 25.8 Å². The number of hydrogen-bond donors (Lipinski definition) is 0. The van der Waals surface area contributed by atoms with Crippen LogP contribution in [0.15, 0.2) is 29.2 Å². The second kappa shape index (κ2) is 6.38. The SMILES string of the molecule is COC(OC)C(C)Sc1ccccc1Cl. The van der Waals surface area contributed by atoms with Gasteiger partial charge in [0.25, 0.3) is 0 Å². The van der Waals surface area contributed by atoms with Crippen molar-refractivity contribution in [3.05, 3.63) is 29.3 Å². The lowest BCUT2D eigenvalue weighted by Crippen LogP contribution is -2.24. The van der Waals surface area contributed by atoms with Crippen molar-refractivity contribution in [3.8, 4) is 0 Å². The molecular weight excluding hydrogens is 232 g/mol. The molecule has 4 heteroatoms. The molecule has 15 heavy (non-hydrogen) atoms. The summed E-state index contributed by atoms with van der Waals surface area (Å²) in [6.07, 6.45) is -0.216. The molecule has 0 amide bonds. The number of rotatable bonds is 5. The summed E-state index contributed by atoms with van der Waals surface area (Å²) in [5.74, 6) is 0. The van der Waals surface area contributed by atoms with Gasteiger partial charge >= 0.3 is 0 Å². The zero-order valence-electron chi connectivity index (χ0n) is 9.07. The van der Waals surface area contributed by atoms with Crippen molar-refractivity contribution >= 4 is 23.4 Å². The molecule has 84 valence electrons. The molecule has 1 aromatic carbocycles. The summed E-state index contributed by atoms with van der Waals surface area (Å²) >= 11 is 7.70. The molecule has 0 saturated heterocycles. The number of benzene rings is 1. The number of thioether (sulfide) groups is 1. The first-order valence-corrected chi connectivity index (χ1v) is 5.91. The van der Waals surface area contributed by atoms with Crippen molar-refractivity contribution in [1.82, 2.24) is 0 Å². The quantitative estimate of drug-likeness (QED) is 0.586. The van der Waals surface area contributed by atoms with Crippen molar-refractivity contribution in [2.45, 2.75) is 23.4 Å². The second-order valence-electron chi connectivity index (χ2n) is 3.09. The van der Waals surface area contributed by atoms with E-state index in [0.29, 0.717) is 0 Å². The van der Waals surface area contributed by atoms with E-state index in [2.05, 4.69) is 0 Å². The van der Waals surface area contributed by atoms with Crippen LogP contribution in [-0.2, 0) is 9.47 Å². The summed E-state index contributed by atoms with van der Waals surface area (Å²) in [6.45, 7) is 2.05. The van der Waals surface area contributed by atoms with Gasteiger partial charge in [0.2, 0.25) is 0 Å². The van der Waals surface area contributed by atoms with Gasteiger partial charge in [-0.1, -0.05) is 23.7 Å². The van der Waals surface area contributed by atoms with Gasteiger partial charge in [-0.25, -0.2) is 0 Å². The van der Waals surface area contributed by atoms with Gasteiger partial charge in [-0.3, -0.25) is 0 Å². The zero-order valence-corrected chi connectivity index (χ0v) is 10.6. The zero-order chi connectivity index (χ0) is 11.3. The molecule has 0 N–H and O–H groups in total. The molecule has 0 aromatic heterocycles. The Hall–Kier alpha value is -0.220. The Bertz CT molecular complexity index is 302. The Morgan fingerprint density at radius 1 is 1.20 bits per heavy atom. The Kier molecular flexibility index (Phi) is 5.47. The molecule has 0 fully saturated rings. The third-order valence-corrected chi connectivity index (χ3v) is 3.64. The monoisotopic (exact) mass is 246 g/mol. The number of methoxy groups -OCH3 is 2. The summed E-state index contributed by atoms with van der Waals surface area (Å²) in [7, 11) is 3.27. The largest absolute Gasteiger partial charge is 0.355 e. The van der Waals surface area contributed by atoms with Crippen molar-refractivity contribution in [1.29, 1.82) is 0 Å². The summed E-state index contributed by atoms with van der Waals surface area (Å²) in [5.41, 5.74) is 0. The number of hydrogen-bond acceptors (Lipinski definition) is 3. The maximum Gasteiger partial charge on any atom is 0.168 e. The van der Waals surface area contributed by atoms with Crippen LogP contribution in [0.3, 0.4) is 0 Å². The van der Waals surface area contributed by atoms with Crippen molar-refractivity contribution < 1.29 is 9.47 Å². The van der Waals surface area contributed by atoms with Crippen molar-refractivity contribution in [2.24, 2.45) is 0 Å². The van der Waals surface area contributed by atoms with Crippen LogP contribution in [0.5, 0.6) is 0 Å². The molecule has 0 heterocycles. The normalized spacial score (nSPS) is 13.1.